The van der Waals surface area contributed by atoms with Crippen LogP contribution in [0.15, 0.2) is 41.4 Å². The van der Waals surface area contributed by atoms with E-state index in [2.05, 4.69) is 4.98 Å². The van der Waals surface area contributed by atoms with E-state index in [1.54, 1.807) is 23.4 Å². The van der Waals surface area contributed by atoms with Gasteiger partial charge in [-0.25, -0.2) is 0 Å². The Hall–Kier alpha value is -2.29. The highest BCUT2D eigenvalue weighted by atomic mass is 32.1. The van der Waals surface area contributed by atoms with Crippen molar-refractivity contribution >= 4 is 23.2 Å². The first-order valence-corrected chi connectivity index (χ1v) is 11.3. The summed E-state index contributed by atoms with van der Waals surface area (Å²) in [6.07, 6.45) is 5.17. The molecule has 2 aromatic heterocycles. The first-order chi connectivity index (χ1) is 14.7. The summed E-state index contributed by atoms with van der Waals surface area (Å²) in [4.78, 5) is 33.6. The van der Waals surface area contributed by atoms with Gasteiger partial charge in [0.1, 0.15) is 6.54 Å². The Morgan fingerprint density at radius 1 is 1.27 bits per heavy atom. The Bertz CT molecular complexity index is 824. The second-order valence-electron chi connectivity index (χ2n) is 7.85. The number of ether oxygens (including phenoxy) is 2. The zero-order valence-corrected chi connectivity index (χ0v) is 17.8. The minimum Gasteiger partial charge on any atom is -0.381 e. The molecule has 0 N–H and O–H groups in total. The average molecular weight is 430 g/mol. The Morgan fingerprint density at radius 2 is 2.13 bits per heavy atom. The van der Waals surface area contributed by atoms with Gasteiger partial charge in [0.2, 0.25) is 5.91 Å². The number of aromatic nitrogens is 1. The molecule has 0 unspecified atom stereocenters. The number of nitrogens with zero attached hydrogens (tertiary/aromatic N) is 3. The monoisotopic (exact) mass is 429 g/mol. The zero-order chi connectivity index (χ0) is 20.8. The molecule has 2 fully saturated rings. The lowest BCUT2D eigenvalue weighted by Gasteiger charge is -2.30. The number of hydrogen-bond donors (Lipinski definition) is 0. The van der Waals surface area contributed by atoms with Crippen molar-refractivity contribution in [3.8, 4) is 0 Å². The maximum atomic E-state index is 13.0. The van der Waals surface area contributed by atoms with Gasteiger partial charge in [-0.1, -0.05) is 6.07 Å². The van der Waals surface area contributed by atoms with Gasteiger partial charge in [-0.15, -0.1) is 0 Å². The van der Waals surface area contributed by atoms with E-state index in [1.165, 1.54) is 11.3 Å². The second-order valence-corrected chi connectivity index (χ2v) is 8.63. The Labute approximate surface area is 180 Å². The van der Waals surface area contributed by atoms with Crippen molar-refractivity contribution in [2.24, 2.45) is 5.92 Å². The topological polar surface area (TPSA) is 72.0 Å². The fourth-order valence-electron chi connectivity index (χ4n) is 3.92. The normalized spacial score (nSPS) is 20.9. The van der Waals surface area contributed by atoms with Crippen LogP contribution in [0, 0.1) is 5.92 Å². The summed E-state index contributed by atoms with van der Waals surface area (Å²) in [5.41, 5.74) is 1.59. The third-order valence-electron chi connectivity index (χ3n) is 5.61. The van der Waals surface area contributed by atoms with Gasteiger partial charge < -0.3 is 19.3 Å². The molecule has 1 atom stereocenters. The summed E-state index contributed by atoms with van der Waals surface area (Å²) in [6, 6.07) is 5.63. The number of hydrogen-bond acceptors (Lipinski definition) is 6. The molecular weight excluding hydrogens is 402 g/mol. The molecule has 2 amide bonds. The van der Waals surface area contributed by atoms with Crippen LogP contribution in [0.4, 0.5) is 0 Å². The molecule has 0 spiro atoms. The number of pyridine rings is 1. The summed E-state index contributed by atoms with van der Waals surface area (Å²) < 4.78 is 11.6. The lowest BCUT2D eigenvalue weighted by Crippen LogP contribution is -2.42. The minimum absolute atomic E-state index is 0.0162. The van der Waals surface area contributed by atoms with Crippen molar-refractivity contribution in [3.63, 3.8) is 0 Å². The molecule has 8 heteroatoms. The molecule has 4 rings (SSSR count). The summed E-state index contributed by atoms with van der Waals surface area (Å²) in [6.45, 7) is 3.56. The van der Waals surface area contributed by atoms with E-state index >= 15 is 0 Å². The molecule has 2 aliphatic rings. The summed E-state index contributed by atoms with van der Waals surface area (Å²) in [5, 5.41) is 3.70. The van der Waals surface area contributed by atoms with Crippen molar-refractivity contribution in [1.29, 1.82) is 0 Å². The molecule has 0 aromatic carbocycles. The quantitative estimate of drug-likeness (QED) is 0.705. The van der Waals surface area contributed by atoms with Gasteiger partial charge >= 0.3 is 0 Å². The number of rotatable bonds is 6. The molecule has 0 radical (unpaired) electrons. The lowest BCUT2D eigenvalue weighted by molar-refractivity contribution is -0.132. The van der Waals surface area contributed by atoms with Crippen LogP contribution >= 0.6 is 11.3 Å². The van der Waals surface area contributed by atoms with Crippen LogP contribution in [0.2, 0.25) is 0 Å². The Kier molecular flexibility index (Phi) is 7.09. The van der Waals surface area contributed by atoms with Crippen molar-refractivity contribution < 1.29 is 19.1 Å². The van der Waals surface area contributed by atoms with Crippen LogP contribution in [0.25, 0.3) is 0 Å². The van der Waals surface area contributed by atoms with E-state index < -0.39 is 0 Å². The number of carbonyl (C=O) groups excluding carboxylic acids is 2. The van der Waals surface area contributed by atoms with Crippen molar-refractivity contribution in [1.82, 2.24) is 14.8 Å². The maximum absolute atomic E-state index is 13.0. The lowest BCUT2D eigenvalue weighted by atomic mass is 9.99. The Morgan fingerprint density at radius 3 is 2.87 bits per heavy atom. The fourth-order valence-corrected chi connectivity index (χ4v) is 4.55. The van der Waals surface area contributed by atoms with Crippen LogP contribution in [-0.4, -0.2) is 72.1 Å². The number of thiophene rings is 1. The van der Waals surface area contributed by atoms with Crippen LogP contribution < -0.4 is 0 Å². The first kappa shape index (κ1) is 21.0. The molecule has 2 aliphatic heterocycles. The van der Waals surface area contributed by atoms with E-state index in [9.17, 15) is 9.59 Å². The van der Waals surface area contributed by atoms with E-state index in [1.807, 2.05) is 27.8 Å². The molecule has 160 valence electrons. The van der Waals surface area contributed by atoms with Gasteiger partial charge in [0.25, 0.3) is 5.91 Å². The van der Waals surface area contributed by atoms with Gasteiger partial charge in [-0.05, 0) is 41.8 Å². The predicted octanol–water partition coefficient (Wildman–Crippen LogP) is 2.44. The number of carbonyl (C=O) groups is 2. The maximum Gasteiger partial charge on any atom is 0.255 e. The van der Waals surface area contributed by atoms with Crippen molar-refractivity contribution in [3.05, 3.63) is 52.5 Å². The van der Waals surface area contributed by atoms with Crippen LogP contribution in [0.3, 0.4) is 0 Å². The molecule has 4 heterocycles. The van der Waals surface area contributed by atoms with Crippen LogP contribution in [-0.2, 0) is 20.9 Å². The zero-order valence-electron chi connectivity index (χ0n) is 16.9. The molecular formula is C22H27N3O4S. The fraction of sp³-hybridized carbons (Fsp3) is 0.500. The highest BCUT2D eigenvalue weighted by molar-refractivity contribution is 7.08. The molecule has 2 aromatic rings. The molecule has 0 aliphatic carbocycles. The largest absolute Gasteiger partial charge is 0.381 e. The van der Waals surface area contributed by atoms with Crippen molar-refractivity contribution in [2.45, 2.75) is 25.6 Å². The smallest absolute Gasteiger partial charge is 0.255 e. The highest BCUT2D eigenvalue weighted by Crippen LogP contribution is 2.20. The highest BCUT2D eigenvalue weighted by Gasteiger charge is 2.32. The van der Waals surface area contributed by atoms with E-state index in [4.69, 9.17) is 9.47 Å². The minimum atomic E-state index is -0.251. The SMILES string of the molecule is O=C1CN(C(=O)c2ccsc2)C[C@@H](OCc2cccnc2)CN1CC1CCOCC1. The molecule has 7 nitrogen and oxygen atoms in total. The van der Waals surface area contributed by atoms with Crippen molar-refractivity contribution in [2.75, 3.05) is 39.4 Å². The molecule has 0 bridgehead atoms. The van der Waals surface area contributed by atoms with Gasteiger partial charge in [0, 0.05) is 50.6 Å². The van der Waals surface area contributed by atoms with Crippen LogP contribution in [0.1, 0.15) is 28.8 Å². The average Bonchev–Trinajstić information content (AvgIpc) is 3.27. The van der Waals surface area contributed by atoms with Gasteiger partial charge in [-0.2, -0.15) is 11.3 Å². The van der Waals surface area contributed by atoms with E-state index in [-0.39, 0.29) is 24.5 Å². The molecule has 2 saturated heterocycles. The summed E-state index contributed by atoms with van der Waals surface area (Å²) in [5.74, 6) is 0.297. The van der Waals surface area contributed by atoms with Gasteiger partial charge in [0.05, 0.1) is 18.3 Å². The summed E-state index contributed by atoms with van der Waals surface area (Å²) >= 11 is 1.48. The molecule has 0 saturated carbocycles. The molecule has 30 heavy (non-hydrogen) atoms. The van der Waals surface area contributed by atoms with E-state index in [0.29, 0.717) is 37.7 Å². The van der Waals surface area contributed by atoms with Gasteiger partial charge in [-0.3, -0.25) is 14.6 Å². The standard InChI is InChI=1S/C22H27N3O4S/c26-21-14-25(22(27)19-5-9-30-16-19)13-20(29-15-18-2-1-6-23-10-18)12-24(21)11-17-3-7-28-8-4-17/h1-2,5-6,9-10,16-17,20H,3-4,7-8,11-15H2/t20-/m0/s1. The third kappa shape index (κ3) is 5.44. The van der Waals surface area contributed by atoms with Crippen LogP contribution in [0.5, 0.6) is 0 Å². The number of amides is 2. The van der Waals surface area contributed by atoms with Gasteiger partial charge in [0.15, 0.2) is 0 Å². The summed E-state index contributed by atoms with van der Waals surface area (Å²) in [7, 11) is 0. The van der Waals surface area contributed by atoms with E-state index in [0.717, 1.165) is 31.6 Å². The second kappa shape index (κ2) is 10.1. The third-order valence-corrected chi connectivity index (χ3v) is 6.29. The Balaban J connectivity index is 1.47. The predicted molar refractivity (Wildman–Crippen MR) is 113 cm³/mol. The first-order valence-electron chi connectivity index (χ1n) is 10.4.